The highest BCUT2D eigenvalue weighted by atomic mass is 35.5. The first-order valence-corrected chi connectivity index (χ1v) is 5.96. The molecule has 0 bridgehead atoms. The lowest BCUT2D eigenvalue weighted by molar-refractivity contribution is 0.0480. The number of hydrogen-bond donors (Lipinski definition) is 0. The van der Waals surface area contributed by atoms with E-state index in [2.05, 4.69) is 5.16 Å². The fraction of sp³-hybridized carbons (Fsp3) is 0.167. The Morgan fingerprint density at radius 3 is 2.83 bits per heavy atom. The lowest BCUT2D eigenvalue weighted by atomic mass is 10.1. The van der Waals surface area contributed by atoms with Crippen LogP contribution in [0.5, 0.6) is 0 Å². The standard InChI is InChI=1S/C12H9Cl2NO3/c1-2-17-12(16)11-6-10(15-18-11)8-4-3-7(13)5-9(8)14/h3-6H,2H2,1H3. The molecule has 18 heavy (non-hydrogen) atoms. The molecule has 0 spiro atoms. The summed E-state index contributed by atoms with van der Waals surface area (Å²) >= 11 is 11.8. The molecular weight excluding hydrogens is 277 g/mol. The summed E-state index contributed by atoms with van der Waals surface area (Å²) in [5.74, 6) is -0.515. The Morgan fingerprint density at radius 1 is 1.39 bits per heavy atom. The average Bonchev–Trinajstić information content (AvgIpc) is 2.78. The molecule has 0 saturated heterocycles. The van der Waals surface area contributed by atoms with Gasteiger partial charge in [0.25, 0.3) is 0 Å². The van der Waals surface area contributed by atoms with Gasteiger partial charge in [-0.15, -0.1) is 0 Å². The van der Waals surface area contributed by atoms with E-state index < -0.39 is 5.97 Å². The van der Waals surface area contributed by atoms with E-state index in [1.807, 2.05) is 0 Å². The van der Waals surface area contributed by atoms with Crippen LogP contribution in [0.15, 0.2) is 28.8 Å². The van der Waals surface area contributed by atoms with Gasteiger partial charge in [0.2, 0.25) is 5.76 Å². The van der Waals surface area contributed by atoms with Crippen molar-refractivity contribution in [1.29, 1.82) is 0 Å². The SMILES string of the molecule is CCOC(=O)c1cc(-c2ccc(Cl)cc2Cl)no1. The van der Waals surface area contributed by atoms with Crippen LogP contribution in [0.4, 0.5) is 0 Å². The van der Waals surface area contributed by atoms with Crippen molar-refractivity contribution in [3.05, 3.63) is 40.1 Å². The Labute approximate surface area is 113 Å². The Morgan fingerprint density at radius 2 is 2.17 bits per heavy atom. The summed E-state index contributed by atoms with van der Waals surface area (Å²) in [4.78, 5) is 11.4. The Hall–Kier alpha value is -1.52. The summed E-state index contributed by atoms with van der Waals surface area (Å²) in [6.45, 7) is 1.99. The fourth-order valence-electron chi connectivity index (χ4n) is 1.40. The van der Waals surface area contributed by atoms with Crippen LogP contribution in [0.3, 0.4) is 0 Å². The van der Waals surface area contributed by atoms with Gasteiger partial charge < -0.3 is 9.26 Å². The van der Waals surface area contributed by atoms with Crippen molar-refractivity contribution < 1.29 is 14.1 Å². The molecule has 0 N–H and O–H groups in total. The van der Waals surface area contributed by atoms with Crippen LogP contribution in [0.2, 0.25) is 10.0 Å². The monoisotopic (exact) mass is 285 g/mol. The first-order valence-electron chi connectivity index (χ1n) is 5.21. The molecule has 4 nitrogen and oxygen atoms in total. The lowest BCUT2D eigenvalue weighted by Gasteiger charge is -1.99. The molecule has 0 amide bonds. The Kier molecular flexibility index (Phi) is 3.89. The highest BCUT2D eigenvalue weighted by molar-refractivity contribution is 6.36. The Bertz CT molecular complexity index is 580. The number of nitrogens with zero attached hydrogens (tertiary/aromatic N) is 1. The van der Waals surface area contributed by atoms with Crippen molar-refractivity contribution in [3.63, 3.8) is 0 Å². The predicted molar refractivity (Wildman–Crippen MR) is 67.9 cm³/mol. The van der Waals surface area contributed by atoms with Crippen LogP contribution in [0.25, 0.3) is 11.3 Å². The van der Waals surface area contributed by atoms with Gasteiger partial charge in [-0.3, -0.25) is 0 Å². The molecule has 0 aliphatic carbocycles. The van der Waals surface area contributed by atoms with Gasteiger partial charge in [-0.05, 0) is 25.1 Å². The summed E-state index contributed by atoms with van der Waals surface area (Å²) in [6.07, 6.45) is 0. The highest BCUT2D eigenvalue weighted by Crippen LogP contribution is 2.29. The van der Waals surface area contributed by atoms with Crippen molar-refractivity contribution in [3.8, 4) is 11.3 Å². The summed E-state index contributed by atoms with van der Waals surface area (Å²) < 4.78 is 9.70. The molecule has 1 aromatic heterocycles. The van der Waals surface area contributed by atoms with E-state index in [4.69, 9.17) is 32.5 Å². The zero-order valence-corrected chi connectivity index (χ0v) is 11.0. The minimum atomic E-state index is -0.554. The highest BCUT2D eigenvalue weighted by Gasteiger charge is 2.16. The van der Waals surface area contributed by atoms with Gasteiger partial charge in [0.05, 0.1) is 11.6 Å². The molecule has 0 aliphatic rings. The van der Waals surface area contributed by atoms with Crippen molar-refractivity contribution in [2.24, 2.45) is 0 Å². The van der Waals surface area contributed by atoms with E-state index in [0.29, 0.717) is 21.3 Å². The van der Waals surface area contributed by atoms with Crippen LogP contribution >= 0.6 is 23.2 Å². The molecule has 1 aromatic carbocycles. The molecule has 1 heterocycles. The van der Waals surface area contributed by atoms with E-state index >= 15 is 0 Å². The number of carbonyl (C=O) groups is 1. The van der Waals surface area contributed by atoms with Crippen LogP contribution in [0, 0.1) is 0 Å². The van der Waals surface area contributed by atoms with E-state index in [0.717, 1.165) is 0 Å². The zero-order valence-electron chi connectivity index (χ0n) is 9.44. The number of hydrogen-bond acceptors (Lipinski definition) is 4. The second-order valence-corrected chi connectivity index (χ2v) is 4.26. The number of rotatable bonds is 3. The Balaban J connectivity index is 2.32. The molecule has 0 atom stereocenters. The number of ether oxygens (including phenoxy) is 1. The first kappa shape index (κ1) is 12.9. The van der Waals surface area contributed by atoms with E-state index in [1.54, 1.807) is 25.1 Å². The number of aromatic nitrogens is 1. The van der Waals surface area contributed by atoms with Crippen molar-refractivity contribution in [2.75, 3.05) is 6.61 Å². The van der Waals surface area contributed by atoms with Gasteiger partial charge in [-0.25, -0.2) is 4.79 Å². The normalized spacial score (nSPS) is 10.4. The second-order valence-electron chi connectivity index (χ2n) is 3.42. The first-order chi connectivity index (χ1) is 8.61. The average molecular weight is 286 g/mol. The minimum absolute atomic E-state index is 0.0397. The molecule has 94 valence electrons. The molecule has 2 rings (SSSR count). The topological polar surface area (TPSA) is 52.3 Å². The van der Waals surface area contributed by atoms with Crippen LogP contribution < -0.4 is 0 Å². The summed E-state index contributed by atoms with van der Waals surface area (Å²) in [7, 11) is 0. The maximum Gasteiger partial charge on any atom is 0.377 e. The maximum absolute atomic E-state index is 11.4. The number of halogens is 2. The van der Waals surface area contributed by atoms with Gasteiger partial charge in [0.15, 0.2) is 0 Å². The number of carbonyl (C=O) groups excluding carboxylic acids is 1. The van der Waals surface area contributed by atoms with Gasteiger partial charge in [-0.2, -0.15) is 0 Å². The van der Waals surface area contributed by atoms with Crippen molar-refractivity contribution >= 4 is 29.2 Å². The van der Waals surface area contributed by atoms with Crippen LogP contribution in [-0.4, -0.2) is 17.7 Å². The van der Waals surface area contributed by atoms with Gasteiger partial charge in [0.1, 0.15) is 5.69 Å². The molecule has 2 aromatic rings. The van der Waals surface area contributed by atoms with E-state index in [9.17, 15) is 4.79 Å². The number of esters is 1. The summed E-state index contributed by atoms with van der Waals surface area (Å²) in [5.41, 5.74) is 1.10. The maximum atomic E-state index is 11.4. The van der Waals surface area contributed by atoms with Crippen LogP contribution in [-0.2, 0) is 4.74 Å². The zero-order chi connectivity index (χ0) is 13.1. The second kappa shape index (κ2) is 5.42. The quantitative estimate of drug-likeness (QED) is 0.805. The molecular formula is C12H9Cl2NO3. The lowest BCUT2D eigenvalue weighted by Crippen LogP contribution is -2.02. The number of benzene rings is 1. The molecule has 0 unspecified atom stereocenters. The van der Waals surface area contributed by atoms with E-state index in [1.165, 1.54) is 6.07 Å². The van der Waals surface area contributed by atoms with Crippen molar-refractivity contribution in [2.45, 2.75) is 6.92 Å². The summed E-state index contributed by atoms with van der Waals surface area (Å²) in [5, 5.41) is 4.74. The molecule has 0 radical (unpaired) electrons. The molecule has 0 saturated carbocycles. The minimum Gasteiger partial charge on any atom is -0.460 e. The molecule has 6 heteroatoms. The molecule has 0 fully saturated rings. The van der Waals surface area contributed by atoms with Gasteiger partial charge >= 0.3 is 5.97 Å². The third-order valence-electron chi connectivity index (χ3n) is 2.19. The third kappa shape index (κ3) is 2.66. The third-order valence-corrected chi connectivity index (χ3v) is 2.74. The van der Waals surface area contributed by atoms with E-state index in [-0.39, 0.29) is 12.4 Å². The van der Waals surface area contributed by atoms with Gasteiger partial charge in [0, 0.05) is 16.7 Å². The fourth-order valence-corrected chi connectivity index (χ4v) is 1.90. The summed E-state index contributed by atoms with van der Waals surface area (Å²) in [6, 6.07) is 6.46. The van der Waals surface area contributed by atoms with Gasteiger partial charge in [-0.1, -0.05) is 28.4 Å². The van der Waals surface area contributed by atoms with Crippen molar-refractivity contribution in [1.82, 2.24) is 5.16 Å². The smallest absolute Gasteiger partial charge is 0.377 e. The van der Waals surface area contributed by atoms with Crippen LogP contribution in [0.1, 0.15) is 17.5 Å². The largest absolute Gasteiger partial charge is 0.460 e. The molecule has 0 aliphatic heterocycles. The predicted octanol–water partition coefficient (Wildman–Crippen LogP) is 3.83.